The number of benzene rings is 2. The largest absolute Gasteiger partial charge is 0.416 e. The summed E-state index contributed by atoms with van der Waals surface area (Å²) < 4.78 is 67.1. The summed E-state index contributed by atoms with van der Waals surface area (Å²) in [6, 6.07) is 9.16. The number of fused-ring (bicyclic) bond motifs is 1. The number of alkyl halides is 3. The van der Waals surface area contributed by atoms with Gasteiger partial charge in [0, 0.05) is 13.1 Å². The maximum Gasteiger partial charge on any atom is 0.416 e. The monoisotopic (exact) mass is 453 g/mol. The van der Waals surface area contributed by atoms with Gasteiger partial charge >= 0.3 is 11.9 Å². The molecule has 0 radical (unpaired) electrons. The van der Waals surface area contributed by atoms with E-state index in [-0.39, 0.29) is 23.5 Å². The first-order valence-electron chi connectivity index (χ1n) is 9.51. The van der Waals surface area contributed by atoms with E-state index in [1.807, 2.05) is 0 Å². The first kappa shape index (κ1) is 21.2. The zero-order chi connectivity index (χ0) is 22.4. The highest BCUT2D eigenvalue weighted by Crippen LogP contribution is 2.31. The van der Waals surface area contributed by atoms with Gasteiger partial charge in [0.15, 0.2) is 0 Å². The van der Waals surface area contributed by atoms with Crippen LogP contribution in [0.1, 0.15) is 18.4 Å². The van der Waals surface area contributed by atoms with Crippen molar-refractivity contribution in [2.24, 2.45) is 0 Å². The molecule has 31 heavy (non-hydrogen) atoms. The zero-order valence-corrected chi connectivity index (χ0v) is 17.0. The van der Waals surface area contributed by atoms with E-state index in [2.05, 4.69) is 0 Å². The van der Waals surface area contributed by atoms with Crippen LogP contribution in [0.2, 0.25) is 0 Å². The van der Waals surface area contributed by atoms with Crippen molar-refractivity contribution >= 4 is 27.0 Å². The van der Waals surface area contributed by atoms with Crippen molar-refractivity contribution in [2.45, 2.75) is 30.5 Å². The molecular weight excluding hydrogens is 435 g/mol. The van der Waals surface area contributed by atoms with Crippen molar-refractivity contribution in [3.63, 3.8) is 0 Å². The molecule has 1 aliphatic rings. The highest BCUT2D eigenvalue weighted by molar-refractivity contribution is 7.90. The fourth-order valence-corrected chi connectivity index (χ4v) is 5.16. The molecule has 0 atom stereocenters. The average molecular weight is 453 g/mol. The summed E-state index contributed by atoms with van der Waals surface area (Å²) in [7, 11) is -4.65. The van der Waals surface area contributed by atoms with Gasteiger partial charge in [-0.3, -0.25) is 9.36 Å². The molecule has 7 nitrogen and oxygen atoms in total. The Kier molecular flexibility index (Phi) is 5.16. The Morgan fingerprint density at radius 2 is 1.61 bits per heavy atom. The van der Waals surface area contributed by atoms with Crippen molar-refractivity contribution in [2.75, 3.05) is 13.1 Å². The highest BCUT2D eigenvalue weighted by atomic mass is 32.2. The molecule has 2 aromatic carbocycles. The van der Waals surface area contributed by atoms with Crippen LogP contribution in [0, 0.1) is 0 Å². The topological polar surface area (TPSA) is 81.4 Å². The van der Waals surface area contributed by atoms with Crippen LogP contribution in [0.5, 0.6) is 0 Å². The molecule has 0 unspecified atom stereocenters. The molecule has 11 heteroatoms. The second-order valence-corrected chi connectivity index (χ2v) is 9.03. The molecule has 1 fully saturated rings. The van der Waals surface area contributed by atoms with E-state index in [9.17, 15) is 31.2 Å². The highest BCUT2D eigenvalue weighted by Gasteiger charge is 2.33. The smallest absolute Gasteiger partial charge is 0.341 e. The average Bonchev–Trinajstić information content (AvgIpc) is 3.35. The van der Waals surface area contributed by atoms with Crippen molar-refractivity contribution in [3.8, 4) is 0 Å². The van der Waals surface area contributed by atoms with Crippen LogP contribution in [0.4, 0.5) is 13.2 Å². The molecule has 4 rings (SSSR count). The standard InChI is InChI=1S/C20H18F3N3O4S/c21-20(22,23)14-6-5-7-15(12-14)31(29,30)26-17-9-2-1-8-16(17)25(19(26)28)13-18(27)24-10-3-4-11-24/h1-2,5-9,12H,3-4,10-11,13H2. The quantitative estimate of drug-likeness (QED) is 0.608. The van der Waals surface area contributed by atoms with Gasteiger partial charge in [-0.25, -0.2) is 13.2 Å². The van der Waals surface area contributed by atoms with E-state index in [1.165, 1.54) is 18.2 Å². The van der Waals surface area contributed by atoms with E-state index < -0.39 is 32.3 Å². The predicted octanol–water partition coefficient (Wildman–Crippen LogP) is 2.68. The van der Waals surface area contributed by atoms with Crippen LogP contribution in [0.15, 0.2) is 58.2 Å². The van der Waals surface area contributed by atoms with Crippen molar-refractivity contribution in [1.82, 2.24) is 13.4 Å². The predicted molar refractivity (Wildman–Crippen MR) is 106 cm³/mol. The lowest BCUT2D eigenvalue weighted by Gasteiger charge is -2.15. The fraction of sp³-hybridized carbons (Fsp3) is 0.300. The van der Waals surface area contributed by atoms with Crippen LogP contribution >= 0.6 is 0 Å². The van der Waals surface area contributed by atoms with Crippen LogP contribution < -0.4 is 5.69 Å². The van der Waals surface area contributed by atoms with Crippen LogP contribution in [0.3, 0.4) is 0 Å². The Morgan fingerprint density at radius 1 is 0.968 bits per heavy atom. The van der Waals surface area contributed by atoms with Gasteiger partial charge in [0.25, 0.3) is 10.0 Å². The van der Waals surface area contributed by atoms with Gasteiger partial charge in [-0.1, -0.05) is 18.2 Å². The van der Waals surface area contributed by atoms with Crippen molar-refractivity contribution < 1.29 is 26.4 Å². The number of para-hydroxylation sites is 2. The molecule has 0 saturated carbocycles. The summed E-state index contributed by atoms with van der Waals surface area (Å²) >= 11 is 0. The summed E-state index contributed by atoms with van der Waals surface area (Å²) in [5, 5.41) is 0. The van der Waals surface area contributed by atoms with Gasteiger partial charge in [0.05, 0.1) is 21.5 Å². The first-order valence-corrected chi connectivity index (χ1v) is 11.0. The van der Waals surface area contributed by atoms with E-state index in [4.69, 9.17) is 0 Å². The number of amides is 1. The van der Waals surface area contributed by atoms with E-state index in [0.29, 0.717) is 23.1 Å². The molecule has 2 heterocycles. The number of halogens is 3. The van der Waals surface area contributed by atoms with Gasteiger partial charge in [0.2, 0.25) is 5.91 Å². The molecule has 1 aliphatic heterocycles. The number of hydrogen-bond donors (Lipinski definition) is 0. The van der Waals surface area contributed by atoms with Gasteiger partial charge < -0.3 is 4.90 Å². The lowest BCUT2D eigenvalue weighted by Crippen LogP contribution is -2.36. The third kappa shape index (κ3) is 3.73. The van der Waals surface area contributed by atoms with Crippen molar-refractivity contribution in [1.29, 1.82) is 0 Å². The molecule has 0 spiro atoms. The first-order chi connectivity index (χ1) is 14.6. The molecule has 0 bridgehead atoms. The molecule has 0 N–H and O–H groups in total. The second kappa shape index (κ2) is 7.56. The maximum atomic E-state index is 13.2. The molecule has 1 amide bonds. The number of nitrogens with zero attached hydrogens (tertiary/aromatic N) is 3. The van der Waals surface area contributed by atoms with Crippen LogP contribution in [-0.2, 0) is 27.5 Å². The van der Waals surface area contributed by atoms with Gasteiger partial charge in [0.1, 0.15) is 6.54 Å². The number of rotatable bonds is 4. The minimum Gasteiger partial charge on any atom is -0.341 e. The Bertz CT molecular complexity index is 1320. The molecule has 0 aliphatic carbocycles. The SMILES string of the molecule is O=C(Cn1c(=O)n(S(=O)(=O)c2cccc(C(F)(F)F)c2)c2ccccc21)N1CCCC1. The Morgan fingerprint density at radius 3 is 2.26 bits per heavy atom. The van der Waals surface area contributed by atoms with Crippen LogP contribution in [0.25, 0.3) is 11.0 Å². The van der Waals surface area contributed by atoms with E-state index in [0.717, 1.165) is 35.6 Å². The summed E-state index contributed by atoms with van der Waals surface area (Å²) in [5.41, 5.74) is -1.96. The Balaban J connectivity index is 1.86. The lowest BCUT2D eigenvalue weighted by molar-refractivity contribution is -0.137. The molecule has 3 aromatic rings. The second-order valence-electron chi connectivity index (χ2n) is 7.24. The third-order valence-electron chi connectivity index (χ3n) is 5.25. The van der Waals surface area contributed by atoms with Gasteiger partial charge in [-0.15, -0.1) is 0 Å². The summed E-state index contributed by atoms with van der Waals surface area (Å²) in [4.78, 5) is 26.6. The van der Waals surface area contributed by atoms with Gasteiger partial charge in [-0.2, -0.15) is 17.1 Å². The Hall–Kier alpha value is -3.08. The molecular formula is C20H18F3N3O4S. The number of hydrogen-bond acceptors (Lipinski definition) is 4. The number of imidazole rings is 1. The molecule has 1 aromatic heterocycles. The lowest BCUT2D eigenvalue weighted by atomic mass is 10.2. The number of carbonyl (C=O) groups is 1. The number of carbonyl (C=O) groups excluding carboxylic acids is 1. The Labute approximate surface area is 175 Å². The molecule has 1 saturated heterocycles. The summed E-state index contributed by atoms with van der Waals surface area (Å²) in [6.45, 7) is 0.772. The zero-order valence-electron chi connectivity index (χ0n) is 16.2. The fourth-order valence-electron chi connectivity index (χ4n) is 3.71. The minimum atomic E-state index is -4.74. The number of aromatic nitrogens is 2. The normalized spacial score (nSPS) is 15.0. The van der Waals surface area contributed by atoms with E-state index in [1.54, 1.807) is 11.0 Å². The van der Waals surface area contributed by atoms with Crippen molar-refractivity contribution in [3.05, 3.63) is 64.6 Å². The number of likely N-dealkylation sites (tertiary alicyclic amines) is 1. The van der Waals surface area contributed by atoms with E-state index >= 15 is 0 Å². The summed E-state index contributed by atoms with van der Waals surface area (Å²) in [6.07, 6.45) is -3.04. The maximum absolute atomic E-state index is 13.2. The van der Waals surface area contributed by atoms with Gasteiger partial charge in [-0.05, 0) is 43.2 Å². The molecule has 164 valence electrons. The summed E-state index contributed by atoms with van der Waals surface area (Å²) in [5.74, 6) is -0.320. The third-order valence-corrected chi connectivity index (χ3v) is 6.93. The minimum absolute atomic E-state index is 0.0147. The van der Waals surface area contributed by atoms with Crippen LogP contribution in [-0.4, -0.2) is 40.9 Å².